The monoisotopic (exact) mass is 334 g/mol. The Balaban J connectivity index is 2.64. The molecule has 1 aromatic carbocycles. The Morgan fingerprint density at radius 1 is 1.21 bits per heavy atom. The van der Waals surface area contributed by atoms with Crippen molar-refractivity contribution >= 4 is 11.8 Å². The molecule has 0 aromatic heterocycles. The molecular formula is C19H32N3O2+. The van der Waals surface area contributed by atoms with Crippen LogP contribution in [0, 0.1) is 0 Å². The highest BCUT2D eigenvalue weighted by molar-refractivity contribution is 5.81. The van der Waals surface area contributed by atoms with Crippen molar-refractivity contribution < 1.29 is 14.5 Å². The Bertz CT molecular complexity index is 537. The minimum absolute atomic E-state index is 0.0363. The lowest BCUT2D eigenvalue weighted by molar-refractivity contribution is -0.886. The molecule has 5 heteroatoms. The first-order valence-electron chi connectivity index (χ1n) is 8.60. The molecule has 0 saturated heterocycles. The van der Waals surface area contributed by atoms with Crippen molar-refractivity contribution in [3.63, 3.8) is 0 Å². The number of nitrogens with zero attached hydrogens (tertiary/aromatic N) is 1. The fraction of sp³-hybridized carbons (Fsp3) is 0.579. The largest absolute Gasteiger partial charge is 0.347 e. The quantitative estimate of drug-likeness (QED) is 0.777. The van der Waals surface area contributed by atoms with Gasteiger partial charge in [0.25, 0.3) is 11.8 Å². The number of carbonyl (C=O) groups excluding carboxylic acids is 2. The summed E-state index contributed by atoms with van der Waals surface area (Å²) in [7, 11) is 1.89. The maximum atomic E-state index is 12.8. The Labute approximate surface area is 146 Å². The minimum Gasteiger partial charge on any atom is -0.347 e. The normalized spacial score (nSPS) is 13.9. The zero-order valence-corrected chi connectivity index (χ0v) is 15.8. The summed E-state index contributed by atoms with van der Waals surface area (Å²) < 4.78 is 0. The average molecular weight is 334 g/mol. The second-order valence-electron chi connectivity index (χ2n) is 7.38. The van der Waals surface area contributed by atoms with Crippen molar-refractivity contribution in [2.24, 2.45) is 0 Å². The van der Waals surface area contributed by atoms with Gasteiger partial charge in [0.05, 0.1) is 7.05 Å². The third-order valence-electron chi connectivity index (χ3n) is 3.97. The molecule has 0 aliphatic rings. The molecule has 2 amide bonds. The van der Waals surface area contributed by atoms with Crippen LogP contribution in [0.2, 0.25) is 0 Å². The molecule has 134 valence electrons. The zero-order valence-electron chi connectivity index (χ0n) is 15.8. The van der Waals surface area contributed by atoms with E-state index in [2.05, 4.69) is 5.32 Å². The topological polar surface area (TPSA) is 53.9 Å². The number of rotatable bonds is 7. The van der Waals surface area contributed by atoms with Gasteiger partial charge in [-0.2, -0.15) is 0 Å². The molecule has 0 radical (unpaired) electrons. The van der Waals surface area contributed by atoms with E-state index in [1.54, 1.807) is 0 Å². The predicted molar refractivity (Wildman–Crippen MR) is 96.6 cm³/mol. The van der Waals surface area contributed by atoms with E-state index in [0.29, 0.717) is 13.1 Å². The lowest BCUT2D eigenvalue weighted by Crippen LogP contribution is -3.15. The van der Waals surface area contributed by atoms with Gasteiger partial charge in [-0.1, -0.05) is 30.3 Å². The summed E-state index contributed by atoms with van der Waals surface area (Å²) in [4.78, 5) is 27.6. The van der Waals surface area contributed by atoms with Crippen LogP contribution in [0.1, 0.15) is 40.2 Å². The standard InChI is InChI=1S/C19H31N3O2/c1-7-22(13-16-11-9-8-10-12-16)18(24)15(2)21(6)14-17(23)20-19(3,4)5/h8-12,15H,7,13-14H2,1-6H3,(H,20,23)/p+1/t15-/m1/s1. The molecule has 0 heterocycles. The first-order chi connectivity index (χ1) is 11.1. The molecule has 2 N–H and O–H groups in total. The molecule has 5 nitrogen and oxygen atoms in total. The summed E-state index contributed by atoms with van der Waals surface area (Å²) in [5, 5.41) is 2.94. The van der Waals surface area contributed by atoms with Crippen LogP contribution in [0.5, 0.6) is 0 Å². The Morgan fingerprint density at radius 2 is 1.79 bits per heavy atom. The summed E-state index contributed by atoms with van der Waals surface area (Å²) in [6.07, 6.45) is 0. The highest BCUT2D eigenvalue weighted by Crippen LogP contribution is 2.05. The third-order valence-corrected chi connectivity index (χ3v) is 3.97. The number of amides is 2. The van der Waals surface area contributed by atoms with Crippen LogP contribution in [0.25, 0.3) is 0 Å². The Hall–Kier alpha value is -1.88. The molecule has 2 atom stereocenters. The van der Waals surface area contributed by atoms with Crippen molar-refractivity contribution in [1.82, 2.24) is 10.2 Å². The first kappa shape index (κ1) is 20.2. The first-order valence-corrected chi connectivity index (χ1v) is 8.60. The molecule has 24 heavy (non-hydrogen) atoms. The van der Waals surface area contributed by atoms with E-state index in [1.165, 1.54) is 0 Å². The highest BCUT2D eigenvalue weighted by Gasteiger charge is 2.28. The number of benzene rings is 1. The lowest BCUT2D eigenvalue weighted by atomic mass is 10.1. The van der Waals surface area contributed by atoms with Crippen molar-refractivity contribution in [1.29, 1.82) is 0 Å². The van der Waals surface area contributed by atoms with E-state index < -0.39 is 0 Å². The molecule has 0 spiro atoms. The SMILES string of the molecule is CCN(Cc1ccccc1)C(=O)[C@@H](C)[NH+](C)CC(=O)NC(C)(C)C. The molecule has 0 saturated carbocycles. The molecule has 1 rings (SSSR count). The summed E-state index contributed by atoms with van der Waals surface area (Å²) in [6, 6.07) is 9.70. The van der Waals surface area contributed by atoms with Crippen molar-refractivity contribution in [3.8, 4) is 0 Å². The van der Waals surface area contributed by atoms with Crippen molar-refractivity contribution in [3.05, 3.63) is 35.9 Å². The number of carbonyl (C=O) groups is 2. The molecule has 0 bridgehead atoms. The summed E-state index contributed by atoms with van der Waals surface area (Å²) in [5.41, 5.74) is 0.857. The van der Waals surface area contributed by atoms with E-state index in [9.17, 15) is 9.59 Å². The maximum absolute atomic E-state index is 12.8. The van der Waals surface area contributed by atoms with E-state index >= 15 is 0 Å². The molecule has 0 aliphatic heterocycles. The van der Waals surface area contributed by atoms with E-state index in [0.717, 1.165) is 10.5 Å². The van der Waals surface area contributed by atoms with Crippen molar-refractivity contribution in [2.75, 3.05) is 20.1 Å². The van der Waals surface area contributed by atoms with Gasteiger partial charge in [-0.3, -0.25) is 9.59 Å². The summed E-state index contributed by atoms with van der Waals surface area (Å²) in [5.74, 6) is 0.0353. The Morgan fingerprint density at radius 3 is 2.29 bits per heavy atom. The van der Waals surface area contributed by atoms with Gasteiger partial charge in [0.2, 0.25) is 0 Å². The predicted octanol–water partition coefficient (Wildman–Crippen LogP) is 0.853. The fourth-order valence-electron chi connectivity index (χ4n) is 2.50. The van der Waals surface area contributed by atoms with E-state index in [1.807, 2.05) is 76.9 Å². The van der Waals surface area contributed by atoms with Gasteiger partial charge < -0.3 is 15.1 Å². The summed E-state index contributed by atoms with van der Waals surface area (Å²) in [6.45, 7) is 11.3. The van der Waals surface area contributed by atoms with Gasteiger partial charge in [0.15, 0.2) is 12.6 Å². The van der Waals surface area contributed by atoms with Crippen LogP contribution >= 0.6 is 0 Å². The van der Waals surface area contributed by atoms with Gasteiger partial charge in [0, 0.05) is 18.6 Å². The number of likely N-dealkylation sites (N-methyl/N-ethyl adjacent to an activating group) is 2. The van der Waals surface area contributed by atoms with Crippen LogP contribution in [-0.4, -0.2) is 48.4 Å². The number of hydrogen-bond donors (Lipinski definition) is 2. The highest BCUT2D eigenvalue weighted by atomic mass is 16.2. The van der Waals surface area contributed by atoms with Crippen LogP contribution in [0.4, 0.5) is 0 Å². The molecule has 1 unspecified atom stereocenters. The molecular weight excluding hydrogens is 302 g/mol. The smallest absolute Gasteiger partial charge is 0.280 e. The second-order valence-corrected chi connectivity index (χ2v) is 7.38. The van der Waals surface area contributed by atoms with Gasteiger partial charge in [-0.25, -0.2) is 0 Å². The van der Waals surface area contributed by atoms with Crippen LogP contribution in [-0.2, 0) is 16.1 Å². The van der Waals surface area contributed by atoms with Crippen LogP contribution < -0.4 is 10.2 Å². The number of quaternary nitrogens is 1. The van der Waals surface area contributed by atoms with Crippen LogP contribution in [0.15, 0.2) is 30.3 Å². The zero-order chi connectivity index (χ0) is 18.3. The van der Waals surface area contributed by atoms with Gasteiger partial charge >= 0.3 is 0 Å². The van der Waals surface area contributed by atoms with Crippen LogP contribution in [0.3, 0.4) is 0 Å². The lowest BCUT2D eigenvalue weighted by Gasteiger charge is -2.28. The second kappa shape index (κ2) is 8.83. The molecule has 1 aromatic rings. The van der Waals surface area contributed by atoms with E-state index in [4.69, 9.17) is 0 Å². The molecule has 0 aliphatic carbocycles. The fourth-order valence-corrected chi connectivity index (χ4v) is 2.50. The van der Waals surface area contributed by atoms with Gasteiger partial charge in [-0.05, 0) is 40.2 Å². The van der Waals surface area contributed by atoms with Gasteiger partial charge in [-0.15, -0.1) is 0 Å². The third kappa shape index (κ3) is 6.71. The minimum atomic E-state index is -0.264. The number of nitrogens with one attached hydrogen (secondary N) is 2. The summed E-state index contributed by atoms with van der Waals surface area (Å²) >= 11 is 0. The van der Waals surface area contributed by atoms with E-state index in [-0.39, 0.29) is 29.9 Å². The maximum Gasteiger partial charge on any atom is 0.280 e. The Kier molecular flexibility index (Phi) is 7.42. The number of hydrogen-bond acceptors (Lipinski definition) is 2. The van der Waals surface area contributed by atoms with Crippen molar-refractivity contribution in [2.45, 2.75) is 52.7 Å². The molecule has 0 fully saturated rings. The van der Waals surface area contributed by atoms with Gasteiger partial charge in [0.1, 0.15) is 0 Å². The average Bonchev–Trinajstić information content (AvgIpc) is 2.50.